The highest BCUT2D eigenvalue weighted by Gasteiger charge is 2.05. The Morgan fingerprint density at radius 3 is 2.96 bits per heavy atom. The maximum Gasteiger partial charge on any atom is 0.142 e. The summed E-state index contributed by atoms with van der Waals surface area (Å²) in [5, 5.41) is 6.21. The molecule has 23 heavy (non-hydrogen) atoms. The van der Waals surface area contributed by atoms with Gasteiger partial charge in [-0.25, -0.2) is 9.37 Å². The molecule has 0 aliphatic heterocycles. The van der Waals surface area contributed by atoms with Crippen molar-refractivity contribution >= 4 is 17.0 Å². The molecular weight excluding hydrogens is 313 g/mol. The molecule has 0 saturated carbocycles. The predicted octanol–water partition coefficient (Wildman–Crippen LogP) is 4.17. The highest BCUT2D eigenvalue weighted by atomic mass is 32.1. The Kier molecular flexibility index (Phi) is 5.16. The van der Waals surface area contributed by atoms with Gasteiger partial charge in [-0.2, -0.15) is 0 Å². The molecule has 4 nitrogen and oxygen atoms in total. The Labute approximate surface area is 138 Å². The number of nitrogens with one attached hydrogen (secondary N) is 1. The zero-order valence-corrected chi connectivity index (χ0v) is 13.2. The summed E-state index contributed by atoms with van der Waals surface area (Å²) in [6, 6.07) is 13.2. The highest BCUT2D eigenvalue weighted by Crippen LogP contribution is 2.22. The zero-order chi connectivity index (χ0) is 15.9. The second-order valence-electron chi connectivity index (χ2n) is 4.78. The Morgan fingerprint density at radius 2 is 2.13 bits per heavy atom. The van der Waals surface area contributed by atoms with Gasteiger partial charge in [-0.15, -0.1) is 11.3 Å². The molecule has 0 atom stereocenters. The molecule has 1 N–H and O–H groups in total. The number of halogens is 1. The van der Waals surface area contributed by atoms with Crippen molar-refractivity contribution in [2.24, 2.45) is 0 Å². The molecule has 2 aromatic heterocycles. The Hall–Kier alpha value is -2.47. The third-order valence-electron chi connectivity index (χ3n) is 3.09. The van der Waals surface area contributed by atoms with E-state index in [1.54, 1.807) is 17.5 Å². The van der Waals surface area contributed by atoms with Crippen molar-refractivity contribution in [1.29, 1.82) is 0 Å². The van der Waals surface area contributed by atoms with Crippen molar-refractivity contribution in [2.45, 2.75) is 6.54 Å². The number of hydrogen-bond acceptors (Lipinski definition) is 5. The van der Waals surface area contributed by atoms with E-state index in [9.17, 15) is 4.39 Å². The van der Waals surface area contributed by atoms with Crippen molar-refractivity contribution in [3.8, 4) is 16.5 Å². The van der Waals surface area contributed by atoms with Crippen LogP contribution in [-0.4, -0.2) is 23.2 Å². The quantitative estimate of drug-likeness (QED) is 0.707. The van der Waals surface area contributed by atoms with E-state index in [1.807, 2.05) is 47.8 Å². The van der Waals surface area contributed by atoms with Gasteiger partial charge >= 0.3 is 0 Å². The number of benzene rings is 1. The molecule has 0 fully saturated rings. The van der Waals surface area contributed by atoms with E-state index in [0.29, 0.717) is 12.3 Å². The van der Waals surface area contributed by atoms with Crippen LogP contribution in [0.25, 0.3) is 10.7 Å². The summed E-state index contributed by atoms with van der Waals surface area (Å²) >= 11 is 1.57. The molecule has 0 radical (unpaired) electrons. The van der Waals surface area contributed by atoms with Crippen LogP contribution >= 0.6 is 11.3 Å². The first-order valence-corrected chi connectivity index (χ1v) is 8.11. The molecule has 3 rings (SSSR count). The topological polar surface area (TPSA) is 47.0 Å². The van der Waals surface area contributed by atoms with Crippen LogP contribution in [0, 0.1) is 0 Å². The molecular formula is C17H16FN3OS. The summed E-state index contributed by atoms with van der Waals surface area (Å²) in [5.74, 6) is 0.653. The van der Waals surface area contributed by atoms with Gasteiger partial charge in [0.2, 0.25) is 0 Å². The third kappa shape index (κ3) is 4.26. The molecule has 0 saturated heterocycles. The summed E-state index contributed by atoms with van der Waals surface area (Å²) < 4.78 is 17.4. The van der Waals surface area contributed by atoms with Gasteiger partial charge < -0.3 is 10.1 Å². The third-order valence-corrected chi connectivity index (χ3v) is 4.00. The maximum absolute atomic E-state index is 12.1. The molecule has 2 heterocycles. The van der Waals surface area contributed by atoms with E-state index in [1.165, 1.54) is 0 Å². The molecule has 0 aliphatic rings. The first-order chi connectivity index (χ1) is 11.3. The summed E-state index contributed by atoms with van der Waals surface area (Å²) in [7, 11) is 0. The highest BCUT2D eigenvalue weighted by molar-refractivity contribution is 7.13. The van der Waals surface area contributed by atoms with Gasteiger partial charge in [-0.05, 0) is 24.3 Å². The van der Waals surface area contributed by atoms with Crippen molar-refractivity contribution in [3.63, 3.8) is 0 Å². The van der Waals surface area contributed by atoms with Gasteiger partial charge in [0, 0.05) is 23.3 Å². The van der Waals surface area contributed by atoms with Gasteiger partial charge in [-0.1, -0.05) is 12.1 Å². The second kappa shape index (κ2) is 7.69. The zero-order valence-electron chi connectivity index (χ0n) is 12.4. The van der Waals surface area contributed by atoms with E-state index in [4.69, 9.17) is 4.74 Å². The number of thiazole rings is 1. The molecule has 3 aromatic rings. The van der Waals surface area contributed by atoms with E-state index in [-0.39, 0.29) is 6.61 Å². The van der Waals surface area contributed by atoms with Gasteiger partial charge in [0.1, 0.15) is 24.0 Å². The van der Waals surface area contributed by atoms with Crippen LogP contribution in [0.1, 0.15) is 5.69 Å². The fraction of sp³-hybridized carbons (Fsp3) is 0.176. The molecule has 6 heteroatoms. The van der Waals surface area contributed by atoms with Gasteiger partial charge in [0.25, 0.3) is 0 Å². The number of hydrogen-bond donors (Lipinski definition) is 1. The first kappa shape index (κ1) is 15.4. The minimum absolute atomic E-state index is 0.0724. The van der Waals surface area contributed by atoms with E-state index < -0.39 is 6.67 Å². The SMILES string of the molecule is FCCOc1cccc(NCc2csc(-c3ccccn3)n2)c1. The van der Waals surface area contributed by atoms with Gasteiger partial charge in [0.15, 0.2) is 0 Å². The van der Waals surface area contributed by atoms with Crippen LogP contribution in [0.2, 0.25) is 0 Å². The number of aromatic nitrogens is 2. The molecule has 0 amide bonds. The summed E-state index contributed by atoms with van der Waals surface area (Å²) in [4.78, 5) is 8.88. The van der Waals surface area contributed by atoms with Crippen molar-refractivity contribution < 1.29 is 9.13 Å². The van der Waals surface area contributed by atoms with Crippen molar-refractivity contribution in [1.82, 2.24) is 9.97 Å². The minimum atomic E-state index is -0.493. The predicted molar refractivity (Wildman–Crippen MR) is 90.6 cm³/mol. The van der Waals surface area contributed by atoms with Crippen LogP contribution < -0.4 is 10.1 Å². The molecule has 0 unspecified atom stereocenters. The van der Waals surface area contributed by atoms with Crippen LogP contribution in [0.3, 0.4) is 0 Å². The largest absolute Gasteiger partial charge is 0.491 e. The fourth-order valence-corrected chi connectivity index (χ4v) is 2.84. The number of nitrogens with zero attached hydrogens (tertiary/aromatic N) is 2. The molecule has 0 bridgehead atoms. The molecule has 0 spiro atoms. The fourth-order valence-electron chi connectivity index (χ4n) is 2.04. The lowest BCUT2D eigenvalue weighted by Crippen LogP contribution is -2.02. The molecule has 1 aromatic carbocycles. The van der Waals surface area contributed by atoms with Crippen LogP contribution in [0.4, 0.5) is 10.1 Å². The standard InChI is InChI=1S/C17H16FN3OS/c18-7-9-22-15-5-3-4-13(10-15)20-11-14-12-23-17(21-14)16-6-1-2-8-19-16/h1-6,8,10,12,20H,7,9,11H2. The van der Waals surface area contributed by atoms with Gasteiger partial charge in [-0.3, -0.25) is 4.98 Å². The molecule has 0 aliphatic carbocycles. The van der Waals surface area contributed by atoms with E-state index in [2.05, 4.69) is 15.3 Å². The number of ether oxygens (including phenoxy) is 1. The van der Waals surface area contributed by atoms with Crippen LogP contribution in [-0.2, 0) is 6.54 Å². The molecule has 118 valence electrons. The van der Waals surface area contributed by atoms with Crippen molar-refractivity contribution in [2.75, 3.05) is 18.6 Å². The normalized spacial score (nSPS) is 10.5. The Bertz CT molecular complexity index is 748. The van der Waals surface area contributed by atoms with Crippen molar-refractivity contribution in [3.05, 3.63) is 59.7 Å². The Morgan fingerprint density at radius 1 is 1.17 bits per heavy atom. The van der Waals surface area contributed by atoms with E-state index in [0.717, 1.165) is 22.1 Å². The summed E-state index contributed by atoms with van der Waals surface area (Å²) in [6.07, 6.45) is 1.76. The lowest BCUT2D eigenvalue weighted by Gasteiger charge is -2.08. The van der Waals surface area contributed by atoms with Gasteiger partial charge in [0.05, 0.1) is 17.9 Å². The first-order valence-electron chi connectivity index (χ1n) is 7.23. The lowest BCUT2D eigenvalue weighted by molar-refractivity contribution is 0.273. The lowest BCUT2D eigenvalue weighted by atomic mass is 10.3. The summed E-state index contributed by atoms with van der Waals surface area (Å²) in [6.45, 7) is 0.186. The minimum Gasteiger partial charge on any atom is -0.491 e. The average molecular weight is 329 g/mol. The number of anilines is 1. The second-order valence-corrected chi connectivity index (χ2v) is 5.64. The van der Waals surface area contributed by atoms with Crippen LogP contribution in [0.15, 0.2) is 54.0 Å². The summed E-state index contributed by atoms with van der Waals surface area (Å²) in [5.41, 5.74) is 2.74. The van der Waals surface area contributed by atoms with Crippen LogP contribution in [0.5, 0.6) is 5.75 Å². The van der Waals surface area contributed by atoms with E-state index >= 15 is 0 Å². The average Bonchev–Trinajstić information content (AvgIpc) is 3.08. The smallest absolute Gasteiger partial charge is 0.142 e. The maximum atomic E-state index is 12.1. The number of rotatable bonds is 7. The monoisotopic (exact) mass is 329 g/mol. The number of alkyl halides is 1. The Balaban J connectivity index is 1.62. The number of pyridine rings is 1.